The zero-order chi connectivity index (χ0) is 36.5. The van der Waals surface area contributed by atoms with E-state index in [2.05, 4.69) is 20.3 Å². The van der Waals surface area contributed by atoms with Gasteiger partial charge in [0, 0.05) is 48.7 Å². The average molecular weight is 722 g/mol. The number of anilines is 1. The van der Waals surface area contributed by atoms with Crippen molar-refractivity contribution < 1.29 is 41.4 Å². The number of oxazole rings is 2. The first-order valence-corrected chi connectivity index (χ1v) is 17.0. The average Bonchev–Trinajstić information content (AvgIpc) is 3.75. The van der Waals surface area contributed by atoms with E-state index in [0.29, 0.717) is 47.6 Å². The fourth-order valence-electron chi connectivity index (χ4n) is 7.70. The summed E-state index contributed by atoms with van der Waals surface area (Å²) in [6.45, 7) is 1.99. The van der Waals surface area contributed by atoms with Crippen molar-refractivity contribution in [2.24, 2.45) is 5.92 Å². The molecule has 17 heteroatoms. The van der Waals surface area contributed by atoms with Crippen molar-refractivity contribution >= 4 is 39.8 Å². The van der Waals surface area contributed by atoms with Crippen molar-refractivity contribution in [3.05, 3.63) is 58.3 Å². The van der Waals surface area contributed by atoms with Gasteiger partial charge in [0.25, 0.3) is 5.91 Å². The van der Waals surface area contributed by atoms with Crippen LogP contribution < -0.4 is 20.4 Å². The largest absolute Gasteiger partial charge is 0.507 e. The Morgan fingerprint density at radius 1 is 1.10 bits per heavy atom. The number of rotatable bonds is 8. The van der Waals surface area contributed by atoms with E-state index in [9.17, 15) is 32.7 Å². The number of alkyl halides is 3. The molecule has 272 valence electrons. The molecule has 1 saturated heterocycles. The highest BCUT2D eigenvalue weighted by Crippen LogP contribution is 2.42. The van der Waals surface area contributed by atoms with Crippen LogP contribution in [0.3, 0.4) is 0 Å². The lowest BCUT2D eigenvalue weighted by Gasteiger charge is -2.54. The number of pyridine rings is 2. The number of hydrogen-bond acceptors (Lipinski definition) is 11. The number of nitrogens with zero attached hydrogens (tertiary/aromatic N) is 6. The van der Waals surface area contributed by atoms with Crippen LogP contribution >= 0.6 is 0 Å². The van der Waals surface area contributed by atoms with Gasteiger partial charge in [0.1, 0.15) is 29.1 Å². The van der Waals surface area contributed by atoms with Crippen LogP contribution in [0.2, 0.25) is 0 Å². The summed E-state index contributed by atoms with van der Waals surface area (Å²) in [5.74, 6) is -2.24. The lowest BCUT2D eigenvalue weighted by atomic mass is 9.80. The van der Waals surface area contributed by atoms with Crippen molar-refractivity contribution in [1.29, 1.82) is 0 Å². The van der Waals surface area contributed by atoms with Gasteiger partial charge in [0.05, 0.1) is 19.1 Å². The highest BCUT2D eigenvalue weighted by Gasteiger charge is 2.49. The molecule has 1 aliphatic heterocycles. The maximum atomic E-state index is 14.5. The summed E-state index contributed by atoms with van der Waals surface area (Å²) in [6, 6.07) is 5.00. The number of halogens is 3. The summed E-state index contributed by atoms with van der Waals surface area (Å²) in [6.07, 6.45) is -0.396. The predicted octanol–water partition coefficient (Wildman–Crippen LogP) is 4.42. The van der Waals surface area contributed by atoms with Crippen LogP contribution in [0.15, 0.2) is 50.5 Å². The number of piperazine rings is 1. The summed E-state index contributed by atoms with van der Waals surface area (Å²) in [4.78, 5) is 58.4. The number of aromatic nitrogens is 4. The van der Waals surface area contributed by atoms with Gasteiger partial charge in [-0.15, -0.1) is 0 Å². The summed E-state index contributed by atoms with van der Waals surface area (Å²) < 4.78 is 57.9. The summed E-state index contributed by atoms with van der Waals surface area (Å²) in [5, 5.41) is 13.4. The Kier molecular flexibility index (Phi) is 8.10. The topological polar surface area (TPSA) is 169 Å². The van der Waals surface area contributed by atoms with Gasteiger partial charge in [-0.05, 0) is 50.3 Å². The molecule has 52 heavy (non-hydrogen) atoms. The number of fused-ring (bicyclic) bond motifs is 3. The summed E-state index contributed by atoms with van der Waals surface area (Å²) in [5.41, 5.74) is 1.50. The van der Waals surface area contributed by atoms with E-state index >= 15 is 0 Å². The first-order chi connectivity index (χ1) is 25.0. The molecule has 2 aliphatic carbocycles. The number of amides is 2. The predicted molar refractivity (Wildman–Crippen MR) is 179 cm³/mol. The van der Waals surface area contributed by atoms with Crippen molar-refractivity contribution in [3.8, 4) is 23.1 Å². The molecule has 3 fully saturated rings. The highest BCUT2D eigenvalue weighted by atomic mass is 19.4. The number of aromatic hydroxyl groups is 1. The molecule has 8 rings (SSSR count). The maximum Gasteiger partial charge on any atom is 0.391 e. The molecule has 0 radical (unpaired) electrons. The Bertz CT molecular complexity index is 2280. The second-order valence-corrected chi connectivity index (χ2v) is 13.4. The summed E-state index contributed by atoms with van der Waals surface area (Å²) in [7, 11) is 1.46. The van der Waals surface area contributed by atoms with Gasteiger partial charge in [0.2, 0.25) is 28.7 Å². The van der Waals surface area contributed by atoms with Gasteiger partial charge in [-0.2, -0.15) is 18.2 Å². The highest BCUT2D eigenvalue weighted by molar-refractivity contribution is 6.07. The monoisotopic (exact) mass is 721 g/mol. The second-order valence-electron chi connectivity index (χ2n) is 13.4. The number of benzene rings is 1. The molecule has 0 spiro atoms. The summed E-state index contributed by atoms with van der Waals surface area (Å²) >= 11 is 0. The number of nitrogens with one attached hydrogen (secondary N) is 1. The van der Waals surface area contributed by atoms with E-state index in [0.717, 1.165) is 0 Å². The minimum absolute atomic E-state index is 0.0214. The molecule has 5 heterocycles. The molecule has 3 aliphatic rings. The SMILES string of the molecule is CCc1c(N2CCN(C(=O)c3c(O)ccc4ncoc34)[C@H]3CC[C@@H]32)c(=O)c2oc(-c3ccnc(OC)c3)nc2n1CC(=O)NC1CC(C(F)(F)F)C1. The fourth-order valence-corrected chi connectivity index (χ4v) is 7.70. The van der Waals surface area contributed by atoms with Gasteiger partial charge < -0.3 is 38.4 Å². The normalized spacial score (nSPS) is 21.5. The zero-order valence-electron chi connectivity index (χ0n) is 28.1. The molecule has 4 aromatic heterocycles. The van der Waals surface area contributed by atoms with Gasteiger partial charge in [-0.1, -0.05) is 6.92 Å². The second kappa shape index (κ2) is 12.6. The van der Waals surface area contributed by atoms with Crippen molar-refractivity contribution in [3.63, 3.8) is 0 Å². The van der Waals surface area contributed by atoms with Crippen LogP contribution in [-0.4, -0.2) is 85.8 Å². The van der Waals surface area contributed by atoms with E-state index in [4.69, 9.17) is 13.6 Å². The van der Waals surface area contributed by atoms with E-state index in [1.807, 2.05) is 11.8 Å². The van der Waals surface area contributed by atoms with Crippen molar-refractivity contribution in [1.82, 2.24) is 29.7 Å². The molecule has 2 atom stereocenters. The third-order valence-electron chi connectivity index (χ3n) is 10.5. The molecular weight excluding hydrogens is 687 g/mol. The molecule has 2 amide bonds. The maximum absolute atomic E-state index is 14.5. The van der Waals surface area contributed by atoms with Gasteiger partial charge in [-0.3, -0.25) is 14.4 Å². The number of methoxy groups -OCH3 is 1. The number of hydrogen-bond donors (Lipinski definition) is 2. The van der Waals surface area contributed by atoms with E-state index in [-0.39, 0.29) is 78.6 Å². The van der Waals surface area contributed by atoms with Crippen LogP contribution in [-0.2, 0) is 17.8 Å². The van der Waals surface area contributed by atoms with Gasteiger partial charge in [-0.25, -0.2) is 9.97 Å². The lowest BCUT2D eigenvalue weighted by Crippen LogP contribution is -2.67. The molecule has 2 N–H and O–H groups in total. The Morgan fingerprint density at radius 3 is 2.60 bits per heavy atom. The lowest BCUT2D eigenvalue weighted by molar-refractivity contribution is -0.199. The third kappa shape index (κ3) is 5.49. The fraction of sp³-hybridized carbons (Fsp3) is 0.429. The zero-order valence-corrected chi connectivity index (χ0v) is 28.1. The minimum Gasteiger partial charge on any atom is -0.507 e. The molecule has 0 unspecified atom stereocenters. The third-order valence-corrected chi connectivity index (χ3v) is 10.5. The van der Waals surface area contributed by atoms with Crippen molar-refractivity contribution in [2.45, 2.75) is 69.9 Å². The van der Waals surface area contributed by atoms with E-state index < -0.39 is 35.4 Å². The minimum atomic E-state index is -4.32. The Balaban J connectivity index is 1.16. The van der Waals surface area contributed by atoms with Gasteiger partial charge >= 0.3 is 6.18 Å². The molecular formula is C35H34F3N7O7. The Labute approximate surface area is 293 Å². The quantitative estimate of drug-likeness (QED) is 0.233. The number of phenols is 1. The Hall–Kier alpha value is -5.61. The van der Waals surface area contributed by atoms with E-state index in [1.165, 1.54) is 25.8 Å². The van der Waals surface area contributed by atoms with Crippen LogP contribution in [0.5, 0.6) is 11.6 Å². The standard InChI is InChI=1S/C35H34F3N7O7/c1-3-21-28(43-10-11-44(23-6-5-22(23)43)34(49)27-24(46)7-4-20-30(27)51-16-40-20)29(48)31-32(42-33(52-31)17-8-9-39-26(12-17)50-2)45(21)15-25(47)41-19-13-18(14-19)35(36,37)38/h4,7-9,12,16,18-19,22-23,46H,3,5-6,10-11,13-15H2,1-2H3,(H,41,47)/t18?,19?,22-,23-/m0/s1. The number of phenolic OH excluding ortho intramolecular Hbond substituents is 1. The molecule has 1 aromatic carbocycles. The first kappa shape index (κ1) is 33.5. The van der Waals surface area contributed by atoms with Gasteiger partial charge in [0.15, 0.2) is 17.6 Å². The molecule has 0 bridgehead atoms. The molecule has 2 saturated carbocycles. The first-order valence-electron chi connectivity index (χ1n) is 17.0. The number of ether oxygens (including phenoxy) is 1. The molecule has 14 nitrogen and oxygen atoms in total. The van der Waals surface area contributed by atoms with Crippen LogP contribution in [0.1, 0.15) is 48.7 Å². The number of carbonyl (C=O) groups is 2. The smallest absolute Gasteiger partial charge is 0.391 e. The van der Waals surface area contributed by atoms with Crippen LogP contribution in [0, 0.1) is 5.92 Å². The van der Waals surface area contributed by atoms with Crippen molar-refractivity contribution in [2.75, 3.05) is 25.1 Å². The molecule has 5 aromatic rings. The van der Waals surface area contributed by atoms with Crippen LogP contribution in [0.25, 0.3) is 33.8 Å². The Morgan fingerprint density at radius 2 is 1.88 bits per heavy atom. The number of carbonyl (C=O) groups excluding carboxylic acids is 2. The van der Waals surface area contributed by atoms with E-state index in [1.54, 1.807) is 27.7 Å². The van der Waals surface area contributed by atoms with Crippen LogP contribution in [0.4, 0.5) is 18.9 Å².